The Kier molecular flexibility index (Phi) is 5.86. The minimum atomic E-state index is -4.36. The third kappa shape index (κ3) is 4.36. The van der Waals surface area contributed by atoms with E-state index in [0.717, 1.165) is 17.7 Å². The van der Waals surface area contributed by atoms with Gasteiger partial charge in [0.05, 0.1) is 5.41 Å². The first kappa shape index (κ1) is 17.3. The minimum Gasteiger partial charge on any atom is -0.333 e. The fourth-order valence-corrected chi connectivity index (χ4v) is 2.89. The largest absolute Gasteiger partial charge is 0.406 e. The van der Waals surface area contributed by atoms with Crippen molar-refractivity contribution in [2.75, 3.05) is 19.6 Å². The summed E-state index contributed by atoms with van der Waals surface area (Å²) >= 11 is 0. The van der Waals surface area contributed by atoms with Gasteiger partial charge in [0.25, 0.3) is 0 Å². The van der Waals surface area contributed by atoms with Gasteiger partial charge in [0, 0.05) is 13.1 Å². The van der Waals surface area contributed by atoms with Crippen LogP contribution >= 0.6 is 0 Å². The van der Waals surface area contributed by atoms with Gasteiger partial charge in [0.1, 0.15) is 6.54 Å². The van der Waals surface area contributed by atoms with Crippen LogP contribution in [0.4, 0.5) is 13.2 Å². The molecule has 0 aromatic carbocycles. The maximum Gasteiger partial charge on any atom is 0.406 e. The Balaban J connectivity index is 2.85. The monoisotopic (exact) mass is 294 g/mol. The molecule has 0 radical (unpaired) electrons. The summed E-state index contributed by atoms with van der Waals surface area (Å²) in [6.07, 6.45) is -0.936. The van der Waals surface area contributed by atoms with Crippen LogP contribution in [0, 0.1) is 11.3 Å². The van der Waals surface area contributed by atoms with Crippen LogP contribution < -0.4 is 5.73 Å². The molecule has 118 valence electrons. The number of carbonyl (C=O) groups is 1. The zero-order valence-corrected chi connectivity index (χ0v) is 12.3. The van der Waals surface area contributed by atoms with Crippen molar-refractivity contribution in [3.05, 3.63) is 0 Å². The molecule has 0 aliphatic heterocycles. The fraction of sp³-hybridized carbons (Fsp3) is 0.929. The van der Waals surface area contributed by atoms with Gasteiger partial charge in [-0.2, -0.15) is 13.2 Å². The Morgan fingerprint density at radius 1 is 1.35 bits per heavy atom. The topological polar surface area (TPSA) is 46.3 Å². The van der Waals surface area contributed by atoms with Crippen LogP contribution in [0.2, 0.25) is 0 Å². The van der Waals surface area contributed by atoms with Crippen molar-refractivity contribution in [1.29, 1.82) is 0 Å². The Morgan fingerprint density at radius 3 is 2.30 bits per heavy atom. The number of amides is 1. The molecule has 1 saturated carbocycles. The summed E-state index contributed by atoms with van der Waals surface area (Å²) in [4.78, 5) is 13.5. The molecule has 0 bridgehead atoms. The van der Waals surface area contributed by atoms with Crippen LogP contribution in [0.15, 0.2) is 0 Å². The molecule has 2 N–H and O–H groups in total. The molecule has 0 aromatic heterocycles. The van der Waals surface area contributed by atoms with E-state index >= 15 is 0 Å². The van der Waals surface area contributed by atoms with Crippen LogP contribution in [0.5, 0.6) is 0 Å². The van der Waals surface area contributed by atoms with Crippen molar-refractivity contribution < 1.29 is 18.0 Å². The molecule has 3 nitrogen and oxygen atoms in total. The lowest BCUT2D eigenvalue weighted by Gasteiger charge is -2.40. The molecule has 1 aliphatic rings. The van der Waals surface area contributed by atoms with Crippen LogP contribution in [0.1, 0.15) is 46.0 Å². The average molecular weight is 294 g/mol. The molecule has 0 heterocycles. The smallest absolute Gasteiger partial charge is 0.333 e. The summed E-state index contributed by atoms with van der Waals surface area (Å²) in [6, 6.07) is 0. The SMILES string of the molecule is CCCN(CC(F)(F)F)C(=O)C1(CN)CCC(C)CC1. The van der Waals surface area contributed by atoms with Crippen LogP contribution in [-0.4, -0.2) is 36.6 Å². The lowest BCUT2D eigenvalue weighted by Crippen LogP contribution is -2.52. The van der Waals surface area contributed by atoms with E-state index in [4.69, 9.17) is 5.73 Å². The Labute approximate surface area is 118 Å². The number of alkyl halides is 3. The van der Waals surface area contributed by atoms with E-state index in [9.17, 15) is 18.0 Å². The number of hydrogen-bond donors (Lipinski definition) is 1. The van der Waals surface area contributed by atoms with Crippen molar-refractivity contribution in [3.8, 4) is 0 Å². The second-order valence-corrected chi connectivity index (χ2v) is 6.01. The standard InChI is InChI=1S/C14H25F3N2O/c1-3-8-19(10-14(15,16)17)12(20)13(9-18)6-4-11(2)5-7-13/h11H,3-10,18H2,1-2H3. The van der Waals surface area contributed by atoms with Crippen molar-refractivity contribution >= 4 is 5.91 Å². The molecule has 0 unspecified atom stereocenters. The highest BCUT2D eigenvalue weighted by Gasteiger charge is 2.44. The zero-order valence-electron chi connectivity index (χ0n) is 12.3. The highest BCUT2D eigenvalue weighted by molar-refractivity contribution is 5.83. The lowest BCUT2D eigenvalue weighted by atomic mass is 9.70. The van der Waals surface area contributed by atoms with Crippen LogP contribution in [0.3, 0.4) is 0 Å². The van der Waals surface area contributed by atoms with E-state index in [1.165, 1.54) is 0 Å². The van der Waals surface area contributed by atoms with Crippen molar-refractivity contribution in [2.45, 2.75) is 52.1 Å². The molecular weight excluding hydrogens is 269 g/mol. The van der Waals surface area contributed by atoms with Gasteiger partial charge in [0.2, 0.25) is 5.91 Å². The minimum absolute atomic E-state index is 0.135. The molecular formula is C14H25F3N2O. The molecule has 1 aliphatic carbocycles. The van der Waals surface area contributed by atoms with E-state index < -0.39 is 24.0 Å². The Morgan fingerprint density at radius 2 is 1.90 bits per heavy atom. The first-order chi connectivity index (χ1) is 9.24. The zero-order chi connectivity index (χ0) is 15.4. The van der Waals surface area contributed by atoms with Crippen LogP contribution in [0.25, 0.3) is 0 Å². The van der Waals surface area contributed by atoms with E-state index in [2.05, 4.69) is 6.92 Å². The summed E-state index contributed by atoms with van der Waals surface area (Å²) in [7, 11) is 0. The molecule has 0 spiro atoms. The highest BCUT2D eigenvalue weighted by atomic mass is 19.4. The number of rotatable bonds is 5. The first-order valence-electron chi connectivity index (χ1n) is 7.30. The Bertz CT molecular complexity index is 323. The highest BCUT2D eigenvalue weighted by Crippen LogP contribution is 2.40. The predicted molar refractivity (Wildman–Crippen MR) is 72.0 cm³/mol. The lowest BCUT2D eigenvalue weighted by molar-refractivity contribution is -0.169. The summed E-state index contributed by atoms with van der Waals surface area (Å²) in [5, 5.41) is 0. The average Bonchev–Trinajstić information content (AvgIpc) is 2.37. The Hall–Kier alpha value is -0.780. The second kappa shape index (κ2) is 6.78. The quantitative estimate of drug-likeness (QED) is 0.847. The molecule has 20 heavy (non-hydrogen) atoms. The number of carbonyl (C=O) groups excluding carboxylic acids is 1. The maximum atomic E-state index is 12.6. The number of halogens is 3. The molecule has 0 saturated heterocycles. The van der Waals surface area contributed by atoms with E-state index in [-0.39, 0.29) is 13.1 Å². The molecule has 0 atom stereocenters. The van der Waals surface area contributed by atoms with E-state index in [0.29, 0.717) is 25.2 Å². The van der Waals surface area contributed by atoms with Gasteiger partial charge in [-0.3, -0.25) is 4.79 Å². The van der Waals surface area contributed by atoms with E-state index in [1.54, 1.807) is 6.92 Å². The van der Waals surface area contributed by atoms with Crippen molar-refractivity contribution in [3.63, 3.8) is 0 Å². The number of hydrogen-bond acceptors (Lipinski definition) is 2. The molecule has 1 amide bonds. The predicted octanol–water partition coefficient (Wildman–Crippen LogP) is 2.94. The summed E-state index contributed by atoms with van der Waals surface area (Å²) in [6.45, 7) is 2.97. The fourth-order valence-electron chi connectivity index (χ4n) is 2.89. The van der Waals surface area contributed by atoms with Gasteiger partial charge in [-0.25, -0.2) is 0 Å². The van der Waals surface area contributed by atoms with Gasteiger partial charge in [-0.05, 0) is 38.0 Å². The summed E-state index contributed by atoms with van der Waals surface area (Å²) in [5.74, 6) is 0.107. The van der Waals surface area contributed by atoms with Gasteiger partial charge >= 0.3 is 6.18 Å². The first-order valence-corrected chi connectivity index (χ1v) is 7.30. The molecule has 1 rings (SSSR count). The van der Waals surface area contributed by atoms with Gasteiger partial charge in [0.15, 0.2) is 0 Å². The van der Waals surface area contributed by atoms with Gasteiger partial charge < -0.3 is 10.6 Å². The normalized spacial score (nSPS) is 27.4. The van der Waals surface area contributed by atoms with Crippen LogP contribution in [-0.2, 0) is 4.79 Å². The van der Waals surface area contributed by atoms with E-state index in [1.807, 2.05) is 0 Å². The number of nitrogens with two attached hydrogens (primary N) is 1. The summed E-state index contributed by atoms with van der Waals surface area (Å²) < 4.78 is 37.9. The van der Waals surface area contributed by atoms with Gasteiger partial charge in [-0.1, -0.05) is 13.8 Å². The third-order valence-corrected chi connectivity index (χ3v) is 4.23. The summed E-state index contributed by atoms with van der Waals surface area (Å²) in [5.41, 5.74) is 4.97. The third-order valence-electron chi connectivity index (χ3n) is 4.23. The van der Waals surface area contributed by atoms with Crippen molar-refractivity contribution in [1.82, 2.24) is 4.90 Å². The molecule has 1 fully saturated rings. The van der Waals surface area contributed by atoms with Crippen molar-refractivity contribution in [2.24, 2.45) is 17.1 Å². The molecule has 6 heteroatoms. The number of nitrogens with zero attached hydrogens (tertiary/aromatic N) is 1. The molecule has 0 aromatic rings. The van der Waals surface area contributed by atoms with Gasteiger partial charge in [-0.15, -0.1) is 0 Å². The second-order valence-electron chi connectivity index (χ2n) is 6.01. The maximum absolute atomic E-state index is 12.6.